The first-order valence-corrected chi connectivity index (χ1v) is 12.0. The molecular formula is C20H20BrF3N2O5S. The second-order valence-corrected chi connectivity index (χ2v) is 10.0. The molecule has 2 heterocycles. The molecular weight excluding hydrogens is 517 g/mol. The first-order chi connectivity index (χ1) is 15.0. The Morgan fingerprint density at radius 2 is 1.84 bits per heavy atom. The molecule has 0 unspecified atom stereocenters. The number of nitrogens with zero attached hydrogens (tertiary/aromatic N) is 1. The van der Waals surface area contributed by atoms with Crippen molar-refractivity contribution in [1.29, 1.82) is 0 Å². The summed E-state index contributed by atoms with van der Waals surface area (Å²) in [6.45, 7) is 1.81. The van der Waals surface area contributed by atoms with Crippen molar-refractivity contribution in [3.05, 3.63) is 40.4 Å². The molecule has 7 nitrogen and oxygen atoms in total. The van der Waals surface area contributed by atoms with Crippen molar-refractivity contribution >= 4 is 31.6 Å². The second kappa shape index (κ2) is 8.64. The quantitative estimate of drug-likeness (QED) is 0.619. The van der Waals surface area contributed by atoms with E-state index in [4.69, 9.17) is 14.2 Å². The van der Waals surface area contributed by atoms with Gasteiger partial charge in [0.25, 0.3) is 10.0 Å². The predicted molar refractivity (Wildman–Crippen MR) is 114 cm³/mol. The number of anilines is 1. The van der Waals surface area contributed by atoms with E-state index in [1.54, 1.807) is 0 Å². The fraction of sp³-hybridized carbons (Fsp3) is 0.400. The lowest BCUT2D eigenvalue weighted by Gasteiger charge is -2.21. The van der Waals surface area contributed by atoms with Gasteiger partial charge in [-0.15, -0.1) is 0 Å². The second-order valence-electron chi connectivity index (χ2n) is 7.53. The fourth-order valence-electron chi connectivity index (χ4n) is 3.55. The minimum Gasteiger partial charge on any atom is -0.488 e. The van der Waals surface area contributed by atoms with Crippen LogP contribution in [0.2, 0.25) is 0 Å². The lowest BCUT2D eigenvalue weighted by molar-refractivity contribution is -0.139. The van der Waals surface area contributed by atoms with E-state index in [-0.39, 0.29) is 27.4 Å². The molecule has 1 fully saturated rings. The van der Waals surface area contributed by atoms with E-state index in [0.717, 1.165) is 18.2 Å². The maximum Gasteiger partial charge on any atom is 0.419 e. The van der Waals surface area contributed by atoms with Gasteiger partial charge in [0.05, 0.1) is 11.3 Å². The number of ether oxygens (including phenoxy) is 3. The van der Waals surface area contributed by atoms with Crippen LogP contribution < -0.4 is 18.9 Å². The van der Waals surface area contributed by atoms with Gasteiger partial charge in [0.2, 0.25) is 0 Å². The molecule has 174 valence electrons. The van der Waals surface area contributed by atoms with Crippen LogP contribution in [0.5, 0.6) is 17.2 Å². The third kappa shape index (κ3) is 4.91. The van der Waals surface area contributed by atoms with Crippen molar-refractivity contribution in [3.8, 4) is 17.2 Å². The Labute approximate surface area is 191 Å². The SMILES string of the molecule is CN1CC[C@H](Oc2cc(NS(=O)(=O)c3cc4c(cc3Br)OCCO4)ccc2C(F)(F)F)C1. The molecule has 0 aromatic heterocycles. The van der Waals surface area contributed by atoms with Crippen molar-refractivity contribution < 1.29 is 35.8 Å². The van der Waals surface area contributed by atoms with E-state index in [9.17, 15) is 21.6 Å². The Morgan fingerprint density at radius 3 is 2.47 bits per heavy atom. The van der Waals surface area contributed by atoms with Crippen LogP contribution in [0.15, 0.2) is 39.7 Å². The highest BCUT2D eigenvalue weighted by Crippen LogP contribution is 2.40. The van der Waals surface area contributed by atoms with Crippen molar-refractivity contribution in [3.63, 3.8) is 0 Å². The number of halogens is 4. The first kappa shape index (κ1) is 23.0. The van der Waals surface area contributed by atoms with E-state index in [1.165, 1.54) is 12.1 Å². The maximum atomic E-state index is 13.5. The van der Waals surface area contributed by atoms with E-state index in [1.807, 2.05) is 11.9 Å². The number of fused-ring (bicyclic) bond motifs is 1. The molecule has 1 atom stereocenters. The first-order valence-electron chi connectivity index (χ1n) is 9.71. The Hall–Kier alpha value is -2.18. The summed E-state index contributed by atoms with van der Waals surface area (Å²) < 4.78 is 85.4. The van der Waals surface area contributed by atoms with Crippen LogP contribution in [-0.4, -0.2) is 52.8 Å². The van der Waals surface area contributed by atoms with Crippen LogP contribution in [0, 0.1) is 0 Å². The minimum absolute atomic E-state index is 0.0545. The van der Waals surface area contributed by atoms with E-state index >= 15 is 0 Å². The largest absolute Gasteiger partial charge is 0.488 e. The highest BCUT2D eigenvalue weighted by atomic mass is 79.9. The summed E-state index contributed by atoms with van der Waals surface area (Å²) in [6, 6.07) is 5.70. The summed E-state index contributed by atoms with van der Waals surface area (Å²) in [4.78, 5) is 1.81. The molecule has 2 aromatic rings. The number of hydrogen-bond acceptors (Lipinski definition) is 6. The van der Waals surface area contributed by atoms with Gasteiger partial charge in [0.15, 0.2) is 11.5 Å². The van der Waals surface area contributed by atoms with Crippen LogP contribution in [-0.2, 0) is 16.2 Å². The Bertz CT molecular complexity index is 1130. The van der Waals surface area contributed by atoms with Crippen LogP contribution in [0.25, 0.3) is 0 Å². The normalized spacial score (nSPS) is 19.1. The smallest absolute Gasteiger partial charge is 0.419 e. The summed E-state index contributed by atoms with van der Waals surface area (Å²) in [6.07, 6.45) is -4.48. The van der Waals surface area contributed by atoms with Crippen LogP contribution in [0.1, 0.15) is 12.0 Å². The molecule has 1 N–H and O–H groups in total. The summed E-state index contributed by atoms with van der Waals surface area (Å²) in [5.41, 5.74) is -1.02. The predicted octanol–water partition coefficient (Wildman–Crippen LogP) is 4.12. The van der Waals surface area contributed by atoms with Gasteiger partial charge in [-0.2, -0.15) is 13.2 Å². The molecule has 32 heavy (non-hydrogen) atoms. The molecule has 0 amide bonds. The standard InChI is InChI=1S/C20H20BrF3N2O5S/c1-26-5-4-13(11-26)31-16-8-12(2-3-14(16)20(22,23)24)25-32(27,28)19-10-18-17(9-15(19)21)29-6-7-30-18/h2-3,8-10,13,25H,4-7,11H2,1H3/t13-/m0/s1. The number of rotatable bonds is 5. The van der Waals surface area contributed by atoms with Crippen molar-refractivity contribution in [1.82, 2.24) is 4.90 Å². The van der Waals surface area contributed by atoms with Gasteiger partial charge in [0.1, 0.15) is 30.0 Å². The summed E-state index contributed by atoms with van der Waals surface area (Å²) in [7, 11) is -2.31. The summed E-state index contributed by atoms with van der Waals surface area (Å²) in [5.74, 6) is 0.245. The number of hydrogen-bond donors (Lipinski definition) is 1. The van der Waals surface area contributed by atoms with Gasteiger partial charge < -0.3 is 19.1 Å². The molecule has 1 saturated heterocycles. The number of likely N-dealkylation sites (tertiary alicyclic amines) is 1. The molecule has 4 rings (SSSR count). The van der Waals surface area contributed by atoms with Gasteiger partial charge in [-0.25, -0.2) is 8.42 Å². The van der Waals surface area contributed by atoms with Crippen molar-refractivity contribution in [2.24, 2.45) is 0 Å². The van der Waals surface area contributed by atoms with Gasteiger partial charge in [-0.05, 0) is 47.6 Å². The fourth-order valence-corrected chi connectivity index (χ4v) is 5.64. The zero-order valence-corrected chi connectivity index (χ0v) is 19.3. The van der Waals surface area contributed by atoms with Crippen molar-refractivity contribution in [2.75, 3.05) is 38.1 Å². The van der Waals surface area contributed by atoms with Crippen LogP contribution in [0.4, 0.5) is 18.9 Å². The van der Waals surface area contributed by atoms with E-state index in [0.29, 0.717) is 31.9 Å². The lowest BCUT2D eigenvalue weighted by Crippen LogP contribution is -2.23. The van der Waals surface area contributed by atoms with E-state index in [2.05, 4.69) is 20.7 Å². The molecule has 2 aliphatic heterocycles. The number of sulfonamides is 1. The minimum atomic E-state index is -4.64. The lowest BCUT2D eigenvalue weighted by atomic mass is 10.1. The zero-order valence-electron chi connectivity index (χ0n) is 16.9. The third-order valence-electron chi connectivity index (χ3n) is 5.07. The van der Waals surface area contributed by atoms with Gasteiger partial charge in [-0.1, -0.05) is 0 Å². The van der Waals surface area contributed by atoms with Crippen LogP contribution in [0.3, 0.4) is 0 Å². The summed E-state index contributed by atoms with van der Waals surface area (Å²) in [5, 5.41) is 0. The van der Waals surface area contributed by atoms with Gasteiger partial charge in [0, 0.05) is 29.7 Å². The average molecular weight is 537 g/mol. The monoisotopic (exact) mass is 536 g/mol. The molecule has 12 heteroatoms. The molecule has 0 aliphatic carbocycles. The van der Waals surface area contributed by atoms with Gasteiger partial charge >= 0.3 is 6.18 Å². The van der Waals surface area contributed by atoms with Crippen molar-refractivity contribution in [2.45, 2.75) is 23.6 Å². The Balaban J connectivity index is 1.64. The highest BCUT2D eigenvalue weighted by Gasteiger charge is 2.36. The Kier molecular flexibility index (Phi) is 6.21. The molecule has 2 aliphatic rings. The van der Waals surface area contributed by atoms with E-state index < -0.39 is 33.6 Å². The molecule has 0 radical (unpaired) electrons. The number of alkyl halides is 3. The third-order valence-corrected chi connectivity index (χ3v) is 7.41. The molecule has 0 spiro atoms. The summed E-state index contributed by atoms with van der Waals surface area (Å²) >= 11 is 3.21. The Morgan fingerprint density at radius 1 is 1.16 bits per heavy atom. The zero-order chi connectivity index (χ0) is 23.1. The highest BCUT2D eigenvalue weighted by molar-refractivity contribution is 9.10. The molecule has 0 saturated carbocycles. The number of likely N-dealkylation sites (N-methyl/N-ethyl adjacent to an activating group) is 1. The maximum absolute atomic E-state index is 13.5. The number of benzene rings is 2. The van der Waals surface area contributed by atoms with Crippen LogP contribution >= 0.6 is 15.9 Å². The molecule has 2 aromatic carbocycles. The molecule has 0 bridgehead atoms. The topological polar surface area (TPSA) is 77.1 Å². The average Bonchev–Trinajstić information content (AvgIpc) is 3.11. The van der Waals surface area contributed by atoms with Gasteiger partial charge in [-0.3, -0.25) is 4.72 Å². The number of nitrogens with one attached hydrogen (secondary N) is 1.